The summed E-state index contributed by atoms with van der Waals surface area (Å²) >= 11 is 0. The fourth-order valence-corrected chi connectivity index (χ4v) is 1.61. The van der Waals surface area contributed by atoms with Gasteiger partial charge in [0.15, 0.2) is 0 Å². The minimum atomic E-state index is -0.432. The van der Waals surface area contributed by atoms with Gasteiger partial charge in [0.05, 0.1) is 5.70 Å². The maximum atomic E-state index is 11.7. The molecule has 1 aliphatic rings. The van der Waals surface area contributed by atoms with Crippen LogP contribution in [-0.4, -0.2) is 30.6 Å². The van der Waals surface area contributed by atoms with Gasteiger partial charge in [0.2, 0.25) is 11.6 Å². The van der Waals surface area contributed by atoms with Crippen LogP contribution in [0.1, 0.15) is 15.9 Å². The molecule has 1 aliphatic carbocycles. The van der Waals surface area contributed by atoms with Crippen LogP contribution in [0.5, 0.6) is 0 Å². The van der Waals surface area contributed by atoms with Crippen molar-refractivity contribution in [2.75, 3.05) is 14.1 Å². The number of benzene rings is 1. The highest BCUT2D eigenvalue weighted by molar-refractivity contribution is 6.51. The predicted molar refractivity (Wildman–Crippen MR) is 57.4 cm³/mol. The molecule has 0 unspecified atom stereocenters. The van der Waals surface area contributed by atoms with Gasteiger partial charge in [-0.3, -0.25) is 9.59 Å². The van der Waals surface area contributed by atoms with Gasteiger partial charge in [0.25, 0.3) is 0 Å². The van der Waals surface area contributed by atoms with E-state index >= 15 is 0 Å². The third-order valence-corrected chi connectivity index (χ3v) is 2.42. The smallest absolute Gasteiger partial charge is 0.249 e. The fourth-order valence-electron chi connectivity index (χ4n) is 1.61. The van der Waals surface area contributed by atoms with Crippen molar-refractivity contribution in [2.24, 2.45) is 0 Å². The molecule has 0 fully saturated rings. The zero-order valence-corrected chi connectivity index (χ0v) is 8.65. The number of hydrogen-bond donors (Lipinski definition) is 0. The van der Waals surface area contributed by atoms with E-state index in [1.807, 2.05) is 12.1 Å². The molecule has 0 atom stereocenters. The van der Waals surface area contributed by atoms with Crippen molar-refractivity contribution in [3.8, 4) is 0 Å². The molecule has 1 aromatic rings. The molecule has 1 aromatic carbocycles. The molecule has 0 saturated carbocycles. The topological polar surface area (TPSA) is 37.4 Å². The first-order valence-corrected chi connectivity index (χ1v) is 4.68. The molecule has 0 saturated heterocycles. The van der Waals surface area contributed by atoms with Gasteiger partial charge in [-0.25, -0.2) is 0 Å². The molecule has 3 nitrogen and oxygen atoms in total. The third kappa shape index (κ3) is 1.46. The molecule has 0 amide bonds. The minimum absolute atomic E-state index is 0.420. The number of rotatable bonds is 1. The van der Waals surface area contributed by atoms with Crippen molar-refractivity contribution in [3.05, 3.63) is 41.1 Å². The zero-order chi connectivity index (χ0) is 11.0. The first kappa shape index (κ1) is 9.65. The summed E-state index contributed by atoms with van der Waals surface area (Å²) in [4.78, 5) is 25.0. The van der Waals surface area contributed by atoms with Gasteiger partial charge in [-0.2, -0.15) is 0 Å². The lowest BCUT2D eigenvalue weighted by atomic mass is 9.93. The Morgan fingerprint density at radius 1 is 1.00 bits per heavy atom. The van der Waals surface area contributed by atoms with Crippen molar-refractivity contribution < 1.29 is 9.59 Å². The lowest BCUT2D eigenvalue weighted by molar-refractivity contribution is -0.112. The molecule has 0 bridgehead atoms. The second kappa shape index (κ2) is 3.35. The Morgan fingerprint density at radius 3 is 2.33 bits per heavy atom. The summed E-state index contributed by atoms with van der Waals surface area (Å²) in [6.07, 6.45) is 1.75. The number of ketones is 2. The Bertz CT molecular complexity index is 472. The van der Waals surface area contributed by atoms with Crippen molar-refractivity contribution in [1.29, 1.82) is 0 Å². The van der Waals surface area contributed by atoms with Gasteiger partial charge in [-0.15, -0.1) is 0 Å². The van der Waals surface area contributed by atoms with Gasteiger partial charge in [0.1, 0.15) is 0 Å². The van der Waals surface area contributed by atoms with Crippen LogP contribution in [0.3, 0.4) is 0 Å². The minimum Gasteiger partial charge on any atom is -0.374 e. The summed E-state index contributed by atoms with van der Waals surface area (Å²) in [6.45, 7) is 0. The molecular formula is C12H11NO2. The van der Waals surface area contributed by atoms with E-state index in [2.05, 4.69) is 0 Å². The number of nitrogens with zero attached hydrogens (tertiary/aromatic N) is 1. The Kier molecular flexibility index (Phi) is 2.15. The Hall–Kier alpha value is -1.90. The van der Waals surface area contributed by atoms with Crippen molar-refractivity contribution in [2.45, 2.75) is 0 Å². The predicted octanol–water partition coefficient (Wildman–Crippen LogP) is 1.35. The van der Waals surface area contributed by atoms with E-state index in [9.17, 15) is 9.59 Å². The van der Waals surface area contributed by atoms with E-state index in [0.29, 0.717) is 11.3 Å². The Balaban J connectivity index is 2.62. The van der Waals surface area contributed by atoms with Crippen LogP contribution < -0.4 is 0 Å². The summed E-state index contributed by atoms with van der Waals surface area (Å²) in [5.74, 6) is -0.851. The first-order valence-electron chi connectivity index (χ1n) is 4.68. The first-order chi connectivity index (χ1) is 7.11. The quantitative estimate of drug-likeness (QED) is 0.644. The van der Waals surface area contributed by atoms with E-state index < -0.39 is 11.6 Å². The van der Waals surface area contributed by atoms with Gasteiger partial charge in [-0.1, -0.05) is 24.3 Å². The van der Waals surface area contributed by atoms with Crippen molar-refractivity contribution >= 4 is 17.6 Å². The monoisotopic (exact) mass is 201 g/mol. The van der Waals surface area contributed by atoms with Gasteiger partial charge in [0, 0.05) is 19.7 Å². The number of carbonyl (C=O) groups is 2. The van der Waals surface area contributed by atoms with Crippen LogP contribution in [0.25, 0.3) is 6.08 Å². The van der Waals surface area contributed by atoms with Crippen LogP contribution in [0.4, 0.5) is 0 Å². The maximum absolute atomic E-state index is 11.7. The number of Topliss-reactive ketones (excluding diaryl/α,β-unsaturated/α-hetero) is 2. The molecule has 15 heavy (non-hydrogen) atoms. The molecule has 0 spiro atoms. The lowest BCUT2D eigenvalue weighted by Crippen LogP contribution is -2.29. The highest BCUT2D eigenvalue weighted by Gasteiger charge is 2.27. The number of fused-ring (bicyclic) bond motifs is 1. The standard InChI is InChI=1S/C12H11NO2/c1-13(2)10-7-8-5-3-4-6-9(8)11(14)12(10)15/h3-7H,1-2H3. The second-order valence-corrected chi connectivity index (χ2v) is 3.67. The van der Waals surface area contributed by atoms with Crippen LogP contribution in [0.2, 0.25) is 0 Å². The van der Waals surface area contributed by atoms with Crippen molar-refractivity contribution in [3.63, 3.8) is 0 Å². The van der Waals surface area contributed by atoms with Gasteiger partial charge in [-0.05, 0) is 11.6 Å². The van der Waals surface area contributed by atoms with Crippen molar-refractivity contribution in [1.82, 2.24) is 4.90 Å². The van der Waals surface area contributed by atoms with E-state index in [1.54, 1.807) is 37.2 Å². The summed E-state index contributed by atoms with van der Waals surface area (Å²) in [5.41, 5.74) is 1.75. The van der Waals surface area contributed by atoms with E-state index in [0.717, 1.165) is 5.56 Å². The van der Waals surface area contributed by atoms with Crippen LogP contribution in [0.15, 0.2) is 30.0 Å². The number of allylic oxidation sites excluding steroid dienone is 1. The molecular weight excluding hydrogens is 190 g/mol. The summed E-state index contributed by atoms with van der Waals surface area (Å²) < 4.78 is 0. The largest absolute Gasteiger partial charge is 0.374 e. The van der Waals surface area contributed by atoms with E-state index in [1.165, 1.54) is 0 Å². The van der Waals surface area contributed by atoms with Crippen LogP contribution in [0, 0.1) is 0 Å². The normalized spacial score (nSPS) is 14.7. The molecule has 76 valence electrons. The highest BCUT2D eigenvalue weighted by Crippen LogP contribution is 2.22. The third-order valence-electron chi connectivity index (χ3n) is 2.42. The van der Waals surface area contributed by atoms with Gasteiger partial charge < -0.3 is 4.90 Å². The molecule has 0 N–H and O–H groups in total. The molecule has 0 heterocycles. The van der Waals surface area contributed by atoms with Crippen LogP contribution in [-0.2, 0) is 4.79 Å². The summed E-state index contributed by atoms with van der Waals surface area (Å²) in [6, 6.07) is 7.13. The lowest BCUT2D eigenvalue weighted by Gasteiger charge is -2.20. The second-order valence-electron chi connectivity index (χ2n) is 3.67. The Labute approximate surface area is 88.0 Å². The molecule has 0 radical (unpaired) electrons. The average molecular weight is 201 g/mol. The fraction of sp³-hybridized carbons (Fsp3) is 0.167. The summed E-state index contributed by atoms with van der Waals surface area (Å²) in [5, 5.41) is 0. The average Bonchev–Trinajstić information content (AvgIpc) is 2.23. The number of carbonyl (C=O) groups excluding carboxylic acids is 2. The number of hydrogen-bond acceptors (Lipinski definition) is 3. The maximum Gasteiger partial charge on any atom is 0.249 e. The number of likely N-dealkylation sites (N-methyl/N-ethyl adjacent to an activating group) is 1. The molecule has 2 rings (SSSR count). The highest BCUT2D eigenvalue weighted by atomic mass is 16.2. The Morgan fingerprint density at radius 2 is 1.67 bits per heavy atom. The van der Waals surface area contributed by atoms with Gasteiger partial charge >= 0.3 is 0 Å². The zero-order valence-electron chi connectivity index (χ0n) is 8.65. The molecule has 0 aromatic heterocycles. The van der Waals surface area contributed by atoms with E-state index in [4.69, 9.17) is 0 Å². The SMILES string of the molecule is CN(C)C1=Cc2ccccc2C(=O)C1=O. The summed E-state index contributed by atoms with van der Waals surface area (Å²) in [7, 11) is 3.51. The van der Waals surface area contributed by atoms with E-state index in [-0.39, 0.29) is 0 Å². The molecule has 0 aliphatic heterocycles. The van der Waals surface area contributed by atoms with Crippen LogP contribution >= 0.6 is 0 Å². The molecule has 3 heteroatoms.